The molecule has 3 atom stereocenters. The third-order valence-electron chi connectivity index (χ3n) is 5.58. The smallest absolute Gasteiger partial charge is 0.195 e. The lowest BCUT2D eigenvalue weighted by atomic mass is 9.46. The van der Waals surface area contributed by atoms with Gasteiger partial charge in [-0.05, 0) is 42.9 Å². The molecule has 1 saturated heterocycles. The van der Waals surface area contributed by atoms with Gasteiger partial charge in [-0.2, -0.15) is 17.4 Å². The summed E-state index contributed by atoms with van der Waals surface area (Å²) in [5, 5.41) is 0. The van der Waals surface area contributed by atoms with E-state index in [4.69, 9.17) is 0 Å². The van der Waals surface area contributed by atoms with Crippen molar-refractivity contribution in [2.24, 2.45) is 17.3 Å². The standard InChI is InChI=1S/C14H24N2O2S/c1-10-12-8-11(14(12,2)3)9-13(10)15-19(17,18)16-6-4-5-7-16/h11-13,15H,1,4-9H2,2-3H3/t11-,12+,13?/m1/s1. The third-order valence-corrected chi connectivity index (χ3v) is 7.21. The highest BCUT2D eigenvalue weighted by molar-refractivity contribution is 7.87. The van der Waals surface area contributed by atoms with Crippen molar-refractivity contribution < 1.29 is 8.42 Å². The van der Waals surface area contributed by atoms with Crippen LogP contribution in [0.4, 0.5) is 0 Å². The van der Waals surface area contributed by atoms with Gasteiger partial charge in [-0.3, -0.25) is 0 Å². The fourth-order valence-corrected chi connectivity index (χ4v) is 5.53. The van der Waals surface area contributed by atoms with Crippen molar-refractivity contribution in [2.45, 2.75) is 45.6 Å². The fraction of sp³-hybridized carbons (Fsp3) is 0.857. The molecule has 1 N–H and O–H groups in total. The van der Waals surface area contributed by atoms with Crippen molar-refractivity contribution in [3.8, 4) is 0 Å². The zero-order chi connectivity index (χ0) is 13.8. The highest BCUT2D eigenvalue weighted by Gasteiger charge is 2.55. The zero-order valence-electron chi connectivity index (χ0n) is 11.9. The summed E-state index contributed by atoms with van der Waals surface area (Å²) in [7, 11) is -3.31. The van der Waals surface area contributed by atoms with E-state index in [0.717, 1.165) is 24.8 Å². The number of hydrogen-bond acceptors (Lipinski definition) is 2. The zero-order valence-corrected chi connectivity index (χ0v) is 12.7. The minimum Gasteiger partial charge on any atom is -0.195 e. The second-order valence-electron chi connectivity index (χ2n) is 6.90. The Morgan fingerprint density at radius 1 is 1.26 bits per heavy atom. The maximum atomic E-state index is 12.3. The molecule has 108 valence electrons. The Bertz CT molecular complexity index is 492. The Morgan fingerprint density at radius 2 is 1.89 bits per heavy atom. The predicted octanol–water partition coefficient (Wildman–Crippen LogP) is 1.91. The Hall–Kier alpha value is -0.390. The van der Waals surface area contributed by atoms with E-state index < -0.39 is 10.2 Å². The highest BCUT2D eigenvalue weighted by atomic mass is 32.2. The van der Waals surface area contributed by atoms with E-state index in [9.17, 15) is 8.42 Å². The van der Waals surface area contributed by atoms with E-state index in [1.165, 1.54) is 6.42 Å². The van der Waals surface area contributed by atoms with Gasteiger partial charge in [-0.15, -0.1) is 0 Å². The van der Waals surface area contributed by atoms with Crippen molar-refractivity contribution in [3.05, 3.63) is 12.2 Å². The molecule has 1 heterocycles. The lowest BCUT2D eigenvalue weighted by molar-refractivity contribution is -0.0358. The van der Waals surface area contributed by atoms with Crippen LogP contribution in [0.5, 0.6) is 0 Å². The first-order chi connectivity index (χ1) is 8.82. The van der Waals surface area contributed by atoms with E-state index in [-0.39, 0.29) is 6.04 Å². The minimum absolute atomic E-state index is 0.0534. The average molecular weight is 284 g/mol. The molecule has 1 aliphatic heterocycles. The number of nitrogens with one attached hydrogen (secondary N) is 1. The SMILES string of the molecule is C=C1C(NS(=O)(=O)N2CCCC2)C[C@H]2C[C@@H]1C2(C)C. The second-order valence-corrected chi connectivity index (χ2v) is 8.60. The summed E-state index contributed by atoms with van der Waals surface area (Å²) in [5.41, 5.74) is 1.41. The monoisotopic (exact) mass is 284 g/mol. The van der Waals surface area contributed by atoms with E-state index in [1.807, 2.05) is 0 Å². The van der Waals surface area contributed by atoms with Crippen molar-refractivity contribution >= 4 is 10.2 Å². The number of hydrogen-bond donors (Lipinski definition) is 1. The van der Waals surface area contributed by atoms with Gasteiger partial charge in [0.25, 0.3) is 10.2 Å². The fourth-order valence-electron chi connectivity index (χ4n) is 4.03. The maximum Gasteiger partial charge on any atom is 0.279 e. The van der Waals surface area contributed by atoms with Crippen LogP contribution in [0.1, 0.15) is 39.5 Å². The van der Waals surface area contributed by atoms with Crippen LogP contribution in [0.2, 0.25) is 0 Å². The molecule has 0 aromatic heterocycles. The molecular weight excluding hydrogens is 260 g/mol. The maximum absolute atomic E-state index is 12.3. The minimum atomic E-state index is -3.31. The summed E-state index contributed by atoms with van der Waals surface area (Å²) in [6, 6.07) is -0.0534. The van der Waals surface area contributed by atoms with Crippen molar-refractivity contribution in [2.75, 3.05) is 13.1 Å². The number of rotatable bonds is 3. The second kappa shape index (κ2) is 4.30. The molecule has 0 aromatic rings. The summed E-state index contributed by atoms with van der Waals surface area (Å²) in [6.45, 7) is 10.1. The van der Waals surface area contributed by atoms with Crippen molar-refractivity contribution in [3.63, 3.8) is 0 Å². The molecule has 4 aliphatic rings. The molecule has 3 saturated carbocycles. The van der Waals surface area contributed by atoms with Crippen LogP contribution in [0.15, 0.2) is 12.2 Å². The molecule has 0 spiro atoms. The van der Waals surface area contributed by atoms with Crippen LogP contribution in [0.3, 0.4) is 0 Å². The summed E-state index contributed by atoms with van der Waals surface area (Å²) in [4.78, 5) is 0. The van der Waals surface area contributed by atoms with Gasteiger partial charge in [0, 0.05) is 19.1 Å². The molecule has 3 aliphatic carbocycles. The van der Waals surface area contributed by atoms with E-state index >= 15 is 0 Å². The Labute approximate surface area is 116 Å². The molecule has 4 rings (SSSR count). The van der Waals surface area contributed by atoms with Crippen molar-refractivity contribution in [1.29, 1.82) is 0 Å². The van der Waals surface area contributed by atoms with Crippen LogP contribution in [-0.4, -0.2) is 31.9 Å². The largest absolute Gasteiger partial charge is 0.279 e. The van der Waals surface area contributed by atoms with E-state index in [1.54, 1.807) is 4.31 Å². The molecular formula is C14H24N2O2S. The van der Waals surface area contributed by atoms with Gasteiger partial charge in [0.2, 0.25) is 0 Å². The van der Waals surface area contributed by atoms with Crippen LogP contribution in [0.25, 0.3) is 0 Å². The molecule has 0 radical (unpaired) electrons. The predicted molar refractivity (Wildman–Crippen MR) is 75.8 cm³/mol. The highest BCUT2D eigenvalue weighted by Crippen LogP contribution is 2.60. The van der Waals surface area contributed by atoms with Gasteiger partial charge in [0.1, 0.15) is 0 Å². The molecule has 0 aromatic carbocycles. The molecule has 4 fully saturated rings. The average Bonchev–Trinajstić information content (AvgIpc) is 2.85. The topological polar surface area (TPSA) is 49.4 Å². The first kappa shape index (κ1) is 13.6. The summed E-state index contributed by atoms with van der Waals surface area (Å²) >= 11 is 0. The van der Waals surface area contributed by atoms with Gasteiger partial charge in [0.15, 0.2) is 0 Å². The molecule has 0 amide bonds. The number of fused-ring (bicyclic) bond motifs is 2. The lowest BCUT2D eigenvalue weighted by Crippen LogP contribution is -2.58. The van der Waals surface area contributed by atoms with Crippen LogP contribution < -0.4 is 4.72 Å². The normalized spacial score (nSPS) is 38.2. The molecule has 5 heteroatoms. The van der Waals surface area contributed by atoms with Gasteiger partial charge in [-0.1, -0.05) is 26.0 Å². The summed E-state index contributed by atoms with van der Waals surface area (Å²) in [6.07, 6.45) is 4.05. The lowest BCUT2D eigenvalue weighted by Gasteiger charge is -2.60. The van der Waals surface area contributed by atoms with Gasteiger partial charge in [0.05, 0.1) is 0 Å². The van der Waals surface area contributed by atoms with Gasteiger partial charge < -0.3 is 0 Å². The van der Waals surface area contributed by atoms with E-state index in [0.29, 0.717) is 30.3 Å². The van der Waals surface area contributed by atoms with Crippen LogP contribution in [-0.2, 0) is 10.2 Å². The van der Waals surface area contributed by atoms with Crippen LogP contribution in [0, 0.1) is 17.3 Å². The quantitative estimate of drug-likeness (QED) is 0.805. The molecule has 19 heavy (non-hydrogen) atoms. The molecule has 4 nitrogen and oxygen atoms in total. The third kappa shape index (κ3) is 2.06. The first-order valence-corrected chi connectivity index (χ1v) is 8.72. The molecule has 1 unspecified atom stereocenters. The van der Waals surface area contributed by atoms with Gasteiger partial charge >= 0.3 is 0 Å². The van der Waals surface area contributed by atoms with Crippen molar-refractivity contribution in [1.82, 2.24) is 9.03 Å². The summed E-state index contributed by atoms with van der Waals surface area (Å²) in [5.74, 6) is 1.12. The summed E-state index contributed by atoms with van der Waals surface area (Å²) < 4.78 is 29.1. The van der Waals surface area contributed by atoms with Crippen LogP contribution >= 0.6 is 0 Å². The van der Waals surface area contributed by atoms with E-state index in [2.05, 4.69) is 25.1 Å². The first-order valence-electron chi connectivity index (χ1n) is 7.28. The Kier molecular flexibility index (Phi) is 3.08. The van der Waals surface area contributed by atoms with Gasteiger partial charge in [-0.25, -0.2) is 0 Å². The number of nitrogens with zero attached hydrogens (tertiary/aromatic N) is 1. The molecule has 2 bridgehead atoms. The Balaban J connectivity index is 1.70. The Morgan fingerprint density at radius 3 is 2.42 bits per heavy atom.